The first-order chi connectivity index (χ1) is 13.1. The number of guanidine groups is 1. The van der Waals surface area contributed by atoms with E-state index in [2.05, 4.69) is 31.1 Å². The van der Waals surface area contributed by atoms with E-state index in [1.807, 2.05) is 34.6 Å². The van der Waals surface area contributed by atoms with E-state index in [0.717, 1.165) is 19.3 Å². The first kappa shape index (κ1) is 23.7. The summed E-state index contributed by atoms with van der Waals surface area (Å²) < 4.78 is 10.5. The number of aliphatic imine (C=N–C) groups is 1. The van der Waals surface area contributed by atoms with Crippen LogP contribution in [0.5, 0.6) is 0 Å². The van der Waals surface area contributed by atoms with E-state index in [0.29, 0.717) is 37.2 Å². The zero-order valence-corrected chi connectivity index (χ0v) is 18.3. The number of rotatable bonds is 9. The highest BCUT2D eigenvalue weighted by Gasteiger charge is 2.30. The van der Waals surface area contributed by atoms with Crippen LogP contribution < -0.4 is 16.0 Å². The van der Waals surface area contributed by atoms with Crippen molar-refractivity contribution in [1.29, 1.82) is 0 Å². The maximum absolute atomic E-state index is 12.2. The molecule has 0 saturated carbocycles. The molecule has 0 aromatic carbocycles. The molecule has 1 aromatic heterocycles. The summed E-state index contributed by atoms with van der Waals surface area (Å²) >= 11 is 0. The number of carbonyl (C=O) groups excluding carboxylic acids is 1. The molecule has 9 nitrogen and oxygen atoms in total. The van der Waals surface area contributed by atoms with E-state index < -0.39 is 17.2 Å². The highest BCUT2D eigenvalue weighted by atomic mass is 16.6. The standard InChI is InChI=1S/C19H36N6O3/c1-8-19(9-2,24-17(26)27-18(4,5)6)13-22-16(20-7)21-12-10-11-15-23-14(3)25-28-15/h8-13H2,1-7H3,(H,24,26)(H2,20,21,22). The van der Waals surface area contributed by atoms with Gasteiger partial charge in [-0.25, -0.2) is 4.79 Å². The van der Waals surface area contributed by atoms with E-state index in [-0.39, 0.29) is 0 Å². The minimum absolute atomic E-state index is 0.407. The number of carbonyl (C=O) groups is 1. The van der Waals surface area contributed by atoms with E-state index in [4.69, 9.17) is 9.26 Å². The quantitative estimate of drug-likeness (QED) is 0.334. The maximum atomic E-state index is 12.2. The third kappa shape index (κ3) is 8.58. The largest absolute Gasteiger partial charge is 0.444 e. The molecule has 1 rings (SSSR count). The van der Waals surface area contributed by atoms with Crippen LogP contribution in [-0.4, -0.2) is 53.5 Å². The highest BCUT2D eigenvalue weighted by molar-refractivity contribution is 5.79. The topological polar surface area (TPSA) is 114 Å². The van der Waals surface area contributed by atoms with Crippen molar-refractivity contribution in [2.75, 3.05) is 20.1 Å². The Hall–Kier alpha value is -2.32. The van der Waals surface area contributed by atoms with Gasteiger partial charge in [-0.15, -0.1) is 0 Å². The average Bonchev–Trinajstić information content (AvgIpc) is 3.03. The Balaban J connectivity index is 2.48. The number of nitrogens with one attached hydrogen (secondary N) is 3. The molecule has 0 aliphatic heterocycles. The maximum Gasteiger partial charge on any atom is 0.408 e. The number of ether oxygens (including phenoxy) is 1. The van der Waals surface area contributed by atoms with Crippen LogP contribution in [0.15, 0.2) is 9.52 Å². The summed E-state index contributed by atoms with van der Waals surface area (Å²) in [7, 11) is 1.72. The van der Waals surface area contributed by atoms with Crippen molar-refractivity contribution >= 4 is 12.1 Å². The van der Waals surface area contributed by atoms with Crippen LogP contribution in [0.4, 0.5) is 4.79 Å². The molecule has 9 heteroatoms. The molecule has 28 heavy (non-hydrogen) atoms. The Kier molecular flexibility index (Phi) is 9.21. The molecule has 1 amide bonds. The molecule has 0 aliphatic carbocycles. The summed E-state index contributed by atoms with van der Waals surface area (Å²) in [5.41, 5.74) is -0.944. The summed E-state index contributed by atoms with van der Waals surface area (Å²) in [6, 6.07) is 0. The van der Waals surface area contributed by atoms with Crippen LogP contribution in [0.25, 0.3) is 0 Å². The van der Waals surface area contributed by atoms with Crippen LogP contribution in [0.3, 0.4) is 0 Å². The monoisotopic (exact) mass is 396 g/mol. The molecular weight excluding hydrogens is 360 g/mol. The number of aromatic nitrogens is 2. The van der Waals surface area contributed by atoms with Crippen LogP contribution in [0.1, 0.15) is 65.6 Å². The molecule has 0 fully saturated rings. The summed E-state index contributed by atoms with van der Waals surface area (Å²) in [5.74, 6) is 1.96. The SMILES string of the molecule is CCC(CC)(CNC(=NC)NCCCc1nc(C)no1)NC(=O)OC(C)(C)C. The van der Waals surface area contributed by atoms with Crippen molar-refractivity contribution in [2.45, 2.75) is 78.4 Å². The Bertz CT molecular complexity index is 632. The zero-order chi connectivity index (χ0) is 21.2. The van der Waals surface area contributed by atoms with Gasteiger partial charge in [-0.05, 0) is 47.0 Å². The second kappa shape index (κ2) is 10.9. The van der Waals surface area contributed by atoms with E-state index >= 15 is 0 Å². The molecule has 0 aliphatic rings. The van der Waals surface area contributed by atoms with Gasteiger partial charge in [0.05, 0.1) is 5.54 Å². The second-order valence-corrected chi connectivity index (χ2v) is 7.81. The third-order valence-corrected chi connectivity index (χ3v) is 4.37. The summed E-state index contributed by atoms with van der Waals surface area (Å²) in [6.45, 7) is 12.7. The number of amides is 1. The predicted molar refractivity (Wildman–Crippen MR) is 109 cm³/mol. The molecule has 0 spiro atoms. The lowest BCUT2D eigenvalue weighted by Crippen LogP contribution is -2.57. The van der Waals surface area contributed by atoms with Crippen molar-refractivity contribution in [2.24, 2.45) is 4.99 Å². The van der Waals surface area contributed by atoms with Crippen LogP contribution in [0, 0.1) is 6.92 Å². The molecule has 1 aromatic rings. The lowest BCUT2D eigenvalue weighted by molar-refractivity contribution is 0.0448. The zero-order valence-electron chi connectivity index (χ0n) is 18.3. The van der Waals surface area contributed by atoms with E-state index in [1.165, 1.54) is 0 Å². The first-order valence-electron chi connectivity index (χ1n) is 9.88. The number of aryl methyl sites for hydroxylation is 2. The molecule has 0 saturated heterocycles. The van der Waals surface area contributed by atoms with Crippen molar-refractivity contribution in [3.05, 3.63) is 11.7 Å². The molecule has 0 atom stereocenters. The fraction of sp³-hybridized carbons (Fsp3) is 0.789. The van der Waals surface area contributed by atoms with Gasteiger partial charge in [0, 0.05) is 26.6 Å². The van der Waals surface area contributed by atoms with E-state index in [1.54, 1.807) is 14.0 Å². The molecule has 1 heterocycles. The van der Waals surface area contributed by atoms with Gasteiger partial charge in [0.25, 0.3) is 0 Å². The number of hydrogen-bond donors (Lipinski definition) is 3. The van der Waals surface area contributed by atoms with Gasteiger partial charge in [-0.1, -0.05) is 19.0 Å². The van der Waals surface area contributed by atoms with Gasteiger partial charge < -0.3 is 25.2 Å². The smallest absolute Gasteiger partial charge is 0.408 e. The molecule has 0 bridgehead atoms. The fourth-order valence-electron chi connectivity index (χ4n) is 2.60. The number of nitrogens with zero attached hydrogens (tertiary/aromatic N) is 3. The third-order valence-electron chi connectivity index (χ3n) is 4.37. The van der Waals surface area contributed by atoms with Gasteiger partial charge in [0.1, 0.15) is 5.60 Å². The molecular formula is C19H36N6O3. The number of alkyl carbamates (subject to hydrolysis) is 1. The minimum Gasteiger partial charge on any atom is -0.444 e. The normalized spacial score (nSPS) is 12.6. The fourth-order valence-corrected chi connectivity index (χ4v) is 2.60. The van der Waals surface area contributed by atoms with Gasteiger partial charge in [-0.2, -0.15) is 4.98 Å². The van der Waals surface area contributed by atoms with Crippen LogP contribution in [-0.2, 0) is 11.2 Å². The Morgan fingerprint density at radius 1 is 1.21 bits per heavy atom. The van der Waals surface area contributed by atoms with Gasteiger partial charge in [-0.3, -0.25) is 4.99 Å². The molecule has 0 unspecified atom stereocenters. The van der Waals surface area contributed by atoms with Crippen molar-refractivity contribution in [3.63, 3.8) is 0 Å². The van der Waals surface area contributed by atoms with Gasteiger partial charge in [0.15, 0.2) is 11.8 Å². The summed E-state index contributed by atoms with van der Waals surface area (Å²) in [6.07, 6.45) is 2.67. The number of hydrogen-bond acceptors (Lipinski definition) is 6. The lowest BCUT2D eigenvalue weighted by Gasteiger charge is -2.34. The van der Waals surface area contributed by atoms with E-state index in [9.17, 15) is 4.79 Å². The van der Waals surface area contributed by atoms with Crippen LogP contribution >= 0.6 is 0 Å². The second-order valence-electron chi connectivity index (χ2n) is 7.81. The predicted octanol–water partition coefficient (Wildman–Crippen LogP) is 2.56. The molecule has 0 radical (unpaired) electrons. The van der Waals surface area contributed by atoms with Crippen molar-refractivity contribution in [1.82, 2.24) is 26.1 Å². The summed E-state index contributed by atoms with van der Waals surface area (Å²) in [5, 5.41) is 13.4. The van der Waals surface area contributed by atoms with Gasteiger partial charge in [0.2, 0.25) is 5.89 Å². The summed E-state index contributed by atoms with van der Waals surface area (Å²) in [4.78, 5) is 20.7. The van der Waals surface area contributed by atoms with Crippen molar-refractivity contribution < 1.29 is 14.1 Å². The lowest BCUT2D eigenvalue weighted by atomic mass is 9.93. The Morgan fingerprint density at radius 2 is 1.89 bits per heavy atom. The molecule has 160 valence electrons. The molecule has 3 N–H and O–H groups in total. The van der Waals surface area contributed by atoms with Crippen molar-refractivity contribution in [3.8, 4) is 0 Å². The highest BCUT2D eigenvalue weighted by Crippen LogP contribution is 2.16. The minimum atomic E-state index is -0.529. The Morgan fingerprint density at radius 3 is 2.39 bits per heavy atom. The van der Waals surface area contributed by atoms with Gasteiger partial charge >= 0.3 is 6.09 Å². The average molecular weight is 397 g/mol. The van der Waals surface area contributed by atoms with Crippen LogP contribution in [0.2, 0.25) is 0 Å². The Labute approximate surface area is 168 Å². The first-order valence-corrected chi connectivity index (χ1v) is 9.88.